The van der Waals surface area contributed by atoms with Crippen molar-refractivity contribution in [1.82, 2.24) is 0 Å². The Balaban J connectivity index is -0.0000000369. The predicted octanol–water partition coefficient (Wildman–Crippen LogP) is -7.29. The van der Waals surface area contributed by atoms with Crippen LogP contribution in [0.25, 0.3) is 0 Å². The zero-order valence-electron chi connectivity index (χ0n) is 8.40. The molecule has 17 heteroatoms. The third-order valence-electron chi connectivity index (χ3n) is 0. The van der Waals surface area contributed by atoms with Crippen molar-refractivity contribution >= 4 is 29.6 Å². The van der Waals surface area contributed by atoms with Crippen LogP contribution in [-0.2, 0) is 0 Å². The molecule has 0 unspecified atom stereocenters. The van der Waals surface area contributed by atoms with Crippen LogP contribution in [0.5, 0.6) is 0 Å². The molecule has 8 N–H and O–H groups in total. The van der Waals surface area contributed by atoms with Gasteiger partial charge in [0, 0.05) is 0 Å². The van der Waals surface area contributed by atoms with Crippen LogP contribution in [0, 0.1) is 0 Å². The number of rotatable bonds is 0. The van der Waals surface area contributed by atoms with Crippen LogP contribution in [0.3, 0.4) is 0 Å². The Morgan fingerprint density at radius 3 is 0.412 bits per heavy atom. The molecule has 0 aromatic heterocycles. The first-order valence-electron chi connectivity index (χ1n) is 2.94. The Labute approximate surface area is 117 Å². The summed E-state index contributed by atoms with van der Waals surface area (Å²) in [5.74, 6) is 0. The van der Waals surface area contributed by atoms with E-state index in [0.717, 1.165) is 0 Å². The third kappa shape index (κ3) is 8230. The molecular weight excluding hydrogens is 270 g/mol. The fraction of sp³-hybridized carbons (Fsp3) is 0. The molecule has 0 spiro atoms. The summed E-state index contributed by atoms with van der Waals surface area (Å²) in [5.41, 5.74) is 0. The van der Waals surface area contributed by atoms with E-state index in [1.807, 2.05) is 0 Å². The average Bonchev–Trinajstić information content (AvgIpc) is 1.76. The normalized spacial score (nSPS) is 6.35. The Hall–Kier alpha value is 0.660. The Bertz CT molecular complexity index is 72.5. The molecule has 0 amide bonds. The minimum absolute atomic E-state index is 0. The molecule has 0 aliphatic rings. The van der Waals surface area contributed by atoms with Crippen molar-refractivity contribution < 1.29 is 87.0 Å². The van der Waals surface area contributed by atoms with Gasteiger partial charge in [-0.2, -0.15) is 0 Å². The van der Waals surface area contributed by atoms with Gasteiger partial charge in [0.2, 0.25) is 0 Å². The van der Waals surface area contributed by atoms with Crippen molar-refractivity contribution in [3.63, 3.8) is 0 Å². The van der Waals surface area contributed by atoms with Gasteiger partial charge < -0.3 is 40.2 Å². The average molecular weight is 278 g/mol. The van der Waals surface area contributed by atoms with Gasteiger partial charge in [0.25, 0.3) is 0 Å². The van der Waals surface area contributed by atoms with Crippen LogP contribution in [0.2, 0.25) is 0 Å². The van der Waals surface area contributed by atoms with Crippen LogP contribution < -0.4 is 29.6 Å². The van der Waals surface area contributed by atoms with Gasteiger partial charge in [-0.1, -0.05) is 0 Å². The van der Waals surface area contributed by atoms with Crippen LogP contribution in [0.4, 0.5) is 17.3 Å². The number of hydrogen-bond donors (Lipinski definition) is 8. The third-order valence-corrected chi connectivity index (χ3v) is 0. The van der Waals surface area contributed by atoms with Crippen molar-refractivity contribution in [3.05, 3.63) is 0 Å². The quantitative estimate of drug-likeness (QED) is 0.160. The number of halogens is 4. The summed E-state index contributed by atoms with van der Waals surface area (Å²) in [6, 6.07) is 0. The summed E-state index contributed by atoms with van der Waals surface area (Å²) in [5, 5.41) is 55.6. The van der Waals surface area contributed by atoms with Crippen molar-refractivity contribution in [1.29, 1.82) is 0 Å². The molecule has 0 aromatic rings. The topological polar surface area (TPSA) is 162 Å². The van der Waals surface area contributed by atoms with E-state index in [4.69, 9.17) is 40.2 Å². The van der Waals surface area contributed by atoms with Gasteiger partial charge in [-0.15, -0.1) is 0 Å². The summed E-state index contributed by atoms with van der Waals surface area (Å²) < 4.78 is 40.4. The molecule has 0 aliphatic heterocycles. The molecule has 0 heterocycles. The molecule has 0 bridgehead atoms. The second-order valence-corrected chi connectivity index (χ2v) is 1.24. The van der Waals surface area contributed by atoms with E-state index in [0.29, 0.717) is 0 Å². The maximum Gasteiger partial charge on any atom is 1.00 e. The van der Waals surface area contributed by atoms with E-state index in [2.05, 4.69) is 0 Å². The molecule has 0 saturated carbocycles. The van der Waals surface area contributed by atoms with Crippen LogP contribution in [0.1, 0.15) is 0 Å². The van der Waals surface area contributed by atoms with Gasteiger partial charge in [0.1, 0.15) is 0 Å². The monoisotopic (exact) mass is 279 g/mol. The Morgan fingerprint density at radius 2 is 0.412 bits per heavy atom. The zero-order chi connectivity index (χ0) is 14.3. The van der Waals surface area contributed by atoms with Gasteiger partial charge >= 0.3 is 59.1 Å². The second kappa shape index (κ2) is 25.5. The molecule has 8 nitrogen and oxygen atoms in total. The zero-order valence-corrected chi connectivity index (χ0v) is 10.4. The Kier molecular flexibility index (Phi) is 45.9. The van der Waals surface area contributed by atoms with E-state index >= 15 is 0 Å². The molecule has 0 radical (unpaired) electrons. The largest absolute Gasteiger partial charge is 1.00 e. The summed E-state index contributed by atoms with van der Waals surface area (Å²) in [7, 11) is -10.7. The molecule has 0 atom stereocenters. The van der Waals surface area contributed by atoms with E-state index in [1.165, 1.54) is 0 Å². The Morgan fingerprint density at radius 1 is 0.412 bits per heavy atom. The van der Waals surface area contributed by atoms with E-state index < -0.39 is 29.6 Å². The van der Waals surface area contributed by atoms with E-state index in [-0.39, 0.29) is 29.6 Å². The van der Waals surface area contributed by atoms with Crippen molar-refractivity contribution in [3.8, 4) is 0 Å². The van der Waals surface area contributed by atoms with Gasteiger partial charge in [0.05, 0.1) is 0 Å². The molecule has 17 heavy (non-hydrogen) atoms. The molecular formula is H8B4F4NaO8+. The van der Waals surface area contributed by atoms with Crippen LogP contribution in [-0.4, -0.2) is 69.8 Å². The minimum Gasteiger partial charge on any atom is -0.398 e. The summed E-state index contributed by atoms with van der Waals surface area (Å²) in [4.78, 5) is 0. The first-order valence-corrected chi connectivity index (χ1v) is 2.94. The first kappa shape index (κ1) is 30.6. The predicted molar refractivity (Wildman–Crippen MR) is 45.2 cm³/mol. The molecule has 0 aliphatic carbocycles. The van der Waals surface area contributed by atoms with Gasteiger partial charge in [-0.25, -0.2) is 0 Å². The smallest absolute Gasteiger partial charge is 0.398 e. The van der Waals surface area contributed by atoms with E-state index in [1.54, 1.807) is 0 Å². The molecule has 0 fully saturated rings. The molecule has 0 aromatic carbocycles. The van der Waals surface area contributed by atoms with Gasteiger partial charge in [0.15, 0.2) is 0 Å². The summed E-state index contributed by atoms with van der Waals surface area (Å²) >= 11 is 0. The maximum absolute atomic E-state index is 10.1. The first-order chi connectivity index (χ1) is 6.93. The fourth-order valence-electron chi connectivity index (χ4n) is 0. The van der Waals surface area contributed by atoms with Gasteiger partial charge in [-0.05, 0) is 0 Å². The summed E-state index contributed by atoms with van der Waals surface area (Å²) in [6.45, 7) is 0. The number of hydrogen-bond acceptors (Lipinski definition) is 8. The van der Waals surface area contributed by atoms with Gasteiger partial charge in [-0.3, -0.25) is 17.3 Å². The van der Waals surface area contributed by atoms with Crippen LogP contribution in [0.15, 0.2) is 0 Å². The summed E-state index contributed by atoms with van der Waals surface area (Å²) in [6.07, 6.45) is 0. The van der Waals surface area contributed by atoms with Crippen molar-refractivity contribution in [2.45, 2.75) is 0 Å². The molecule has 0 rings (SSSR count). The minimum atomic E-state index is -2.67. The van der Waals surface area contributed by atoms with E-state index in [9.17, 15) is 17.3 Å². The second-order valence-electron chi connectivity index (χ2n) is 1.24. The van der Waals surface area contributed by atoms with Crippen molar-refractivity contribution in [2.75, 3.05) is 0 Å². The van der Waals surface area contributed by atoms with Crippen molar-refractivity contribution in [2.24, 2.45) is 0 Å². The molecule has 0 saturated heterocycles. The SMILES string of the molecule is OB(O)F.OB(O)F.OB(O)F.OB(O)F.[Na+]. The maximum atomic E-state index is 10.1. The standard InChI is InChI=1S/4BFH2O2.Na/c4*2-1(3)4;/h4*3-4H;/q;;;;+1. The van der Waals surface area contributed by atoms with Crippen LogP contribution >= 0.6 is 0 Å². The molecule has 96 valence electrons. The fourth-order valence-corrected chi connectivity index (χ4v) is 0.